The molecule has 2 aromatic rings. The van der Waals surface area contributed by atoms with Crippen molar-refractivity contribution in [3.8, 4) is 11.5 Å². The summed E-state index contributed by atoms with van der Waals surface area (Å²) in [5.74, 6) is 1.39. The first kappa shape index (κ1) is 20.6. The van der Waals surface area contributed by atoms with E-state index in [9.17, 15) is 0 Å². The van der Waals surface area contributed by atoms with Gasteiger partial charge in [-0.05, 0) is 42.6 Å². The number of benzene rings is 2. The zero-order chi connectivity index (χ0) is 18.8. The van der Waals surface area contributed by atoms with Crippen molar-refractivity contribution in [2.24, 2.45) is 0 Å². The minimum Gasteiger partial charge on any atom is -0.493 e. The van der Waals surface area contributed by atoms with Crippen LogP contribution in [0.15, 0.2) is 36.4 Å². The molecule has 0 aliphatic carbocycles. The second-order valence-electron chi connectivity index (χ2n) is 6.55. The van der Waals surface area contributed by atoms with Gasteiger partial charge < -0.3 is 14.8 Å². The lowest BCUT2D eigenvalue weighted by Gasteiger charge is -2.15. The summed E-state index contributed by atoms with van der Waals surface area (Å²) in [6, 6.07) is 12.0. The number of methoxy groups -OCH3 is 1. The van der Waals surface area contributed by atoms with Crippen LogP contribution < -0.4 is 14.8 Å². The van der Waals surface area contributed by atoms with Crippen molar-refractivity contribution in [3.63, 3.8) is 0 Å². The maximum Gasteiger partial charge on any atom is 0.163 e. The number of rotatable bonds is 11. The Morgan fingerprint density at radius 2 is 1.81 bits per heavy atom. The highest BCUT2D eigenvalue weighted by Gasteiger charge is 2.11. The predicted molar refractivity (Wildman–Crippen MR) is 109 cm³/mol. The standard InChI is InChI=1S/C22H30ClNO2/c1-4-5-6-9-12-24-15-19-13-21(25-3)22(14-20(19)23)26-16-18-11-8-7-10-17(18)2/h7-8,10-11,13-14,24H,4-6,9,12,15-16H2,1-3H3. The van der Waals surface area contributed by atoms with Crippen molar-refractivity contribution in [2.75, 3.05) is 13.7 Å². The van der Waals surface area contributed by atoms with E-state index in [4.69, 9.17) is 21.1 Å². The Labute approximate surface area is 162 Å². The van der Waals surface area contributed by atoms with Gasteiger partial charge in [-0.25, -0.2) is 0 Å². The highest BCUT2D eigenvalue weighted by Crippen LogP contribution is 2.34. The summed E-state index contributed by atoms with van der Waals surface area (Å²) in [5, 5.41) is 4.16. The maximum atomic E-state index is 6.46. The molecule has 0 aliphatic rings. The van der Waals surface area contributed by atoms with Crippen LogP contribution in [0.25, 0.3) is 0 Å². The van der Waals surface area contributed by atoms with E-state index in [0.29, 0.717) is 23.1 Å². The zero-order valence-corrected chi connectivity index (χ0v) is 16.9. The summed E-state index contributed by atoms with van der Waals surface area (Å²) in [7, 11) is 1.66. The SMILES string of the molecule is CCCCCCNCc1cc(OC)c(OCc2ccccc2C)cc1Cl. The molecule has 26 heavy (non-hydrogen) atoms. The number of ether oxygens (including phenoxy) is 2. The van der Waals surface area contributed by atoms with E-state index in [2.05, 4.69) is 31.3 Å². The fourth-order valence-electron chi connectivity index (χ4n) is 2.81. The second-order valence-corrected chi connectivity index (χ2v) is 6.95. The van der Waals surface area contributed by atoms with Crippen LogP contribution in [0, 0.1) is 6.92 Å². The van der Waals surface area contributed by atoms with Crippen LogP contribution in [0.4, 0.5) is 0 Å². The van der Waals surface area contributed by atoms with Crippen molar-refractivity contribution in [1.29, 1.82) is 0 Å². The molecule has 0 bridgehead atoms. The third-order valence-corrected chi connectivity index (χ3v) is 4.85. The van der Waals surface area contributed by atoms with E-state index in [1.54, 1.807) is 7.11 Å². The number of halogens is 1. The Hall–Kier alpha value is -1.71. The fraction of sp³-hybridized carbons (Fsp3) is 0.455. The normalized spacial score (nSPS) is 10.8. The molecule has 0 aliphatic heterocycles. The average Bonchev–Trinajstić information content (AvgIpc) is 2.65. The molecule has 0 saturated heterocycles. The maximum absolute atomic E-state index is 6.46. The first-order valence-corrected chi connectivity index (χ1v) is 9.78. The lowest BCUT2D eigenvalue weighted by atomic mass is 10.1. The van der Waals surface area contributed by atoms with E-state index in [-0.39, 0.29) is 0 Å². The van der Waals surface area contributed by atoms with Crippen molar-refractivity contribution in [1.82, 2.24) is 5.32 Å². The molecule has 0 amide bonds. The second kappa shape index (κ2) is 11.1. The molecule has 0 fully saturated rings. The third-order valence-electron chi connectivity index (χ3n) is 4.50. The fourth-order valence-corrected chi connectivity index (χ4v) is 3.03. The molecule has 2 rings (SSSR count). The molecule has 0 atom stereocenters. The van der Waals surface area contributed by atoms with Crippen molar-refractivity contribution in [3.05, 3.63) is 58.1 Å². The van der Waals surface area contributed by atoms with E-state index >= 15 is 0 Å². The van der Waals surface area contributed by atoms with Gasteiger partial charge in [0.1, 0.15) is 6.61 Å². The van der Waals surface area contributed by atoms with Gasteiger partial charge in [-0.3, -0.25) is 0 Å². The lowest BCUT2D eigenvalue weighted by Crippen LogP contribution is -2.15. The van der Waals surface area contributed by atoms with E-state index in [1.807, 2.05) is 24.3 Å². The number of hydrogen-bond donors (Lipinski definition) is 1. The Morgan fingerprint density at radius 1 is 1.00 bits per heavy atom. The van der Waals surface area contributed by atoms with Crippen LogP contribution in [0.5, 0.6) is 11.5 Å². The van der Waals surface area contributed by atoms with Crippen LogP contribution >= 0.6 is 11.6 Å². The molecule has 0 unspecified atom stereocenters. The Balaban J connectivity index is 1.96. The molecule has 0 aromatic heterocycles. The van der Waals surface area contributed by atoms with Crippen LogP contribution in [-0.4, -0.2) is 13.7 Å². The summed E-state index contributed by atoms with van der Waals surface area (Å²) < 4.78 is 11.5. The smallest absolute Gasteiger partial charge is 0.163 e. The van der Waals surface area contributed by atoms with Gasteiger partial charge in [-0.2, -0.15) is 0 Å². The largest absolute Gasteiger partial charge is 0.493 e. The minimum absolute atomic E-state index is 0.494. The summed E-state index contributed by atoms with van der Waals surface area (Å²) in [5.41, 5.74) is 3.40. The van der Waals surface area contributed by atoms with E-state index in [1.165, 1.54) is 31.2 Å². The topological polar surface area (TPSA) is 30.5 Å². The summed E-state index contributed by atoms with van der Waals surface area (Å²) in [4.78, 5) is 0. The van der Waals surface area contributed by atoms with Crippen molar-refractivity contribution >= 4 is 11.6 Å². The van der Waals surface area contributed by atoms with Crippen LogP contribution in [0.2, 0.25) is 5.02 Å². The van der Waals surface area contributed by atoms with E-state index in [0.717, 1.165) is 24.2 Å². The number of aryl methyl sites for hydroxylation is 1. The van der Waals surface area contributed by atoms with Gasteiger partial charge in [-0.1, -0.05) is 62.1 Å². The van der Waals surface area contributed by atoms with Gasteiger partial charge in [0.15, 0.2) is 11.5 Å². The minimum atomic E-state index is 0.494. The van der Waals surface area contributed by atoms with Crippen LogP contribution in [0.1, 0.15) is 49.3 Å². The van der Waals surface area contributed by atoms with Gasteiger partial charge >= 0.3 is 0 Å². The summed E-state index contributed by atoms with van der Waals surface area (Å²) in [6.45, 7) is 6.54. The Bertz CT molecular complexity index is 688. The Kier molecular flexibility index (Phi) is 8.79. The quantitative estimate of drug-likeness (QED) is 0.495. The molecule has 142 valence electrons. The molecular weight excluding hydrogens is 346 g/mol. The molecule has 3 nitrogen and oxygen atoms in total. The summed E-state index contributed by atoms with van der Waals surface area (Å²) >= 11 is 6.46. The van der Waals surface area contributed by atoms with E-state index < -0.39 is 0 Å². The third kappa shape index (κ3) is 6.22. The molecule has 0 radical (unpaired) electrons. The van der Waals surface area contributed by atoms with Gasteiger partial charge in [0.25, 0.3) is 0 Å². The van der Waals surface area contributed by atoms with Gasteiger partial charge in [0.05, 0.1) is 7.11 Å². The van der Waals surface area contributed by atoms with Crippen LogP contribution in [-0.2, 0) is 13.2 Å². The molecule has 0 spiro atoms. The molecule has 1 N–H and O–H groups in total. The highest BCUT2D eigenvalue weighted by molar-refractivity contribution is 6.31. The van der Waals surface area contributed by atoms with Crippen LogP contribution in [0.3, 0.4) is 0 Å². The molecule has 2 aromatic carbocycles. The van der Waals surface area contributed by atoms with Gasteiger partial charge in [0.2, 0.25) is 0 Å². The Morgan fingerprint density at radius 3 is 2.54 bits per heavy atom. The molecule has 0 saturated carbocycles. The number of hydrogen-bond acceptors (Lipinski definition) is 3. The number of nitrogens with one attached hydrogen (secondary N) is 1. The van der Waals surface area contributed by atoms with Crippen molar-refractivity contribution in [2.45, 2.75) is 52.7 Å². The lowest BCUT2D eigenvalue weighted by molar-refractivity contribution is 0.283. The monoisotopic (exact) mass is 375 g/mol. The predicted octanol–water partition coefficient (Wildman–Crippen LogP) is 5.91. The van der Waals surface area contributed by atoms with Gasteiger partial charge in [0, 0.05) is 17.6 Å². The molecule has 0 heterocycles. The zero-order valence-electron chi connectivity index (χ0n) is 16.1. The molecule has 4 heteroatoms. The van der Waals surface area contributed by atoms with Crippen molar-refractivity contribution < 1.29 is 9.47 Å². The average molecular weight is 376 g/mol. The first-order chi connectivity index (χ1) is 12.7. The number of unbranched alkanes of at least 4 members (excludes halogenated alkanes) is 3. The first-order valence-electron chi connectivity index (χ1n) is 9.40. The summed E-state index contributed by atoms with van der Waals surface area (Å²) in [6.07, 6.45) is 5.02. The van der Waals surface area contributed by atoms with Gasteiger partial charge in [-0.15, -0.1) is 0 Å². The molecular formula is C22H30ClNO2. The highest BCUT2D eigenvalue weighted by atomic mass is 35.5.